The van der Waals surface area contributed by atoms with Gasteiger partial charge in [0.25, 0.3) is 5.95 Å². The molecule has 0 aliphatic rings. The first-order chi connectivity index (χ1) is 9.28. The van der Waals surface area contributed by atoms with Crippen molar-refractivity contribution >= 4 is 28.9 Å². The van der Waals surface area contributed by atoms with E-state index < -0.39 is 0 Å². The van der Waals surface area contributed by atoms with E-state index in [2.05, 4.69) is 30.4 Å². The molecule has 0 radical (unpaired) electrons. The Morgan fingerprint density at radius 1 is 1.32 bits per heavy atom. The van der Waals surface area contributed by atoms with Crippen molar-refractivity contribution in [1.82, 2.24) is 29.7 Å². The second-order valence-electron chi connectivity index (χ2n) is 3.47. The smallest absolute Gasteiger partial charge is 0.257 e. The molecule has 7 nitrogen and oxygen atoms in total. The molecule has 0 spiro atoms. The quantitative estimate of drug-likeness (QED) is 0.794. The van der Waals surface area contributed by atoms with Crippen molar-refractivity contribution in [2.75, 3.05) is 12.4 Å². The predicted octanol–water partition coefficient (Wildman–Crippen LogP) is 1.88. The van der Waals surface area contributed by atoms with Crippen LogP contribution in [0.4, 0.5) is 5.95 Å². The zero-order valence-electron chi connectivity index (χ0n) is 9.78. The molecule has 0 atom stereocenters. The van der Waals surface area contributed by atoms with E-state index in [0.29, 0.717) is 22.7 Å². The summed E-state index contributed by atoms with van der Waals surface area (Å²) in [7, 11) is 1.74. The number of thiophene rings is 1. The van der Waals surface area contributed by atoms with Gasteiger partial charge in [-0.25, -0.2) is 4.98 Å². The molecule has 0 unspecified atom stereocenters. The molecule has 1 N–H and O–H groups in total. The van der Waals surface area contributed by atoms with Crippen molar-refractivity contribution in [3.8, 4) is 16.6 Å². The van der Waals surface area contributed by atoms with Gasteiger partial charge in [0, 0.05) is 7.05 Å². The molecule has 0 saturated heterocycles. The van der Waals surface area contributed by atoms with Gasteiger partial charge in [0.15, 0.2) is 5.82 Å². The van der Waals surface area contributed by atoms with Crippen molar-refractivity contribution in [3.63, 3.8) is 0 Å². The lowest BCUT2D eigenvalue weighted by Gasteiger charge is -2.05. The van der Waals surface area contributed by atoms with Gasteiger partial charge >= 0.3 is 0 Å². The third kappa shape index (κ3) is 2.27. The van der Waals surface area contributed by atoms with Gasteiger partial charge < -0.3 is 5.32 Å². The summed E-state index contributed by atoms with van der Waals surface area (Å²) < 4.78 is 1.47. The molecular formula is C10H8ClN7S. The Balaban J connectivity index is 2.16. The molecule has 0 aliphatic carbocycles. The summed E-state index contributed by atoms with van der Waals surface area (Å²) in [6, 6.07) is 1.81. The second kappa shape index (κ2) is 4.90. The Morgan fingerprint density at radius 3 is 2.84 bits per heavy atom. The monoisotopic (exact) mass is 293 g/mol. The first kappa shape index (κ1) is 12.0. The Bertz CT molecular complexity index is 694. The second-order valence-corrected chi connectivity index (χ2v) is 4.79. The number of hydrogen-bond acceptors (Lipinski definition) is 7. The van der Waals surface area contributed by atoms with Gasteiger partial charge in [-0.2, -0.15) is 24.7 Å². The Labute approximate surface area is 117 Å². The van der Waals surface area contributed by atoms with Crippen LogP contribution in [-0.4, -0.2) is 36.8 Å². The lowest BCUT2D eigenvalue weighted by atomic mass is 10.4. The lowest BCUT2D eigenvalue weighted by molar-refractivity contribution is 0.799. The largest absolute Gasteiger partial charge is 0.357 e. The normalized spacial score (nSPS) is 10.6. The molecule has 9 heteroatoms. The Morgan fingerprint density at radius 2 is 2.21 bits per heavy atom. The van der Waals surface area contributed by atoms with E-state index >= 15 is 0 Å². The summed E-state index contributed by atoms with van der Waals surface area (Å²) in [6.45, 7) is 0. The molecule has 3 aromatic heterocycles. The number of rotatable bonds is 3. The zero-order valence-corrected chi connectivity index (χ0v) is 11.4. The first-order valence-electron chi connectivity index (χ1n) is 5.30. The van der Waals surface area contributed by atoms with Gasteiger partial charge in [0.2, 0.25) is 5.95 Å². The highest BCUT2D eigenvalue weighted by Gasteiger charge is 2.13. The van der Waals surface area contributed by atoms with E-state index in [9.17, 15) is 0 Å². The van der Waals surface area contributed by atoms with Crippen molar-refractivity contribution in [2.45, 2.75) is 0 Å². The third-order valence-corrected chi connectivity index (χ3v) is 3.63. The first-order valence-corrected chi connectivity index (χ1v) is 6.56. The van der Waals surface area contributed by atoms with E-state index in [-0.39, 0.29) is 0 Å². The van der Waals surface area contributed by atoms with Crippen LogP contribution < -0.4 is 5.32 Å². The van der Waals surface area contributed by atoms with Gasteiger partial charge in [-0.15, -0.1) is 11.3 Å². The minimum absolute atomic E-state index is 0.385. The predicted molar refractivity (Wildman–Crippen MR) is 72.6 cm³/mol. The van der Waals surface area contributed by atoms with Crippen molar-refractivity contribution in [2.24, 2.45) is 0 Å². The van der Waals surface area contributed by atoms with Gasteiger partial charge in [-0.1, -0.05) is 11.6 Å². The summed E-state index contributed by atoms with van der Waals surface area (Å²) in [5.74, 6) is 1.33. The molecule has 0 amide bonds. The number of anilines is 1. The standard InChI is InChI=1S/C10H8ClN7S/c1-12-9-15-8(7-6(11)2-3-19-7)16-10(17-9)18-5-13-4-14-18/h2-5H,1H3,(H,12,15,16,17). The van der Waals surface area contributed by atoms with E-state index in [4.69, 9.17) is 11.6 Å². The fourth-order valence-electron chi connectivity index (χ4n) is 1.45. The van der Waals surface area contributed by atoms with Crippen LogP contribution in [-0.2, 0) is 0 Å². The summed E-state index contributed by atoms with van der Waals surface area (Å²) in [5.41, 5.74) is 0. The highest BCUT2D eigenvalue weighted by atomic mass is 35.5. The van der Waals surface area contributed by atoms with Crippen LogP contribution in [0.1, 0.15) is 0 Å². The molecule has 0 bridgehead atoms. The Kier molecular flexibility index (Phi) is 3.10. The van der Waals surface area contributed by atoms with Crippen LogP contribution in [0.25, 0.3) is 16.6 Å². The number of hydrogen-bond donors (Lipinski definition) is 1. The molecule has 3 aromatic rings. The summed E-state index contributed by atoms with van der Waals surface area (Å²) in [4.78, 5) is 17.5. The molecule has 0 aromatic carbocycles. The fourth-order valence-corrected chi connectivity index (χ4v) is 2.52. The van der Waals surface area contributed by atoms with Crippen LogP contribution in [0.3, 0.4) is 0 Å². The van der Waals surface area contributed by atoms with Crippen LogP contribution in [0.15, 0.2) is 24.1 Å². The van der Waals surface area contributed by atoms with Gasteiger partial charge in [0.05, 0.1) is 9.90 Å². The number of nitrogens with one attached hydrogen (secondary N) is 1. The number of halogens is 1. The zero-order chi connectivity index (χ0) is 13.2. The van der Waals surface area contributed by atoms with Gasteiger partial charge in [-0.3, -0.25) is 0 Å². The molecule has 19 heavy (non-hydrogen) atoms. The minimum Gasteiger partial charge on any atom is -0.357 e. The average Bonchev–Trinajstić information content (AvgIpc) is 3.09. The van der Waals surface area contributed by atoms with Crippen LogP contribution in [0.5, 0.6) is 0 Å². The van der Waals surface area contributed by atoms with E-state index in [1.807, 2.05) is 5.38 Å². The summed E-state index contributed by atoms with van der Waals surface area (Å²) >= 11 is 7.57. The molecule has 0 fully saturated rings. The van der Waals surface area contributed by atoms with Crippen molar-refractivity contribution in [3.05, 3.63) is 29.1 Å². The number of nitrogens with zero attached hydrogens (tertiary/aromatic N) is 6. The average molecular weight is 294 g/mol. The topological polar surface area (TPSA) is 81.4 Å². The molecule has 0 saturated carbocycles. The van der Waals surface area contributed by atoms with Crippen molar-refractivity contribution < 1.29 is 0 Å². The summed E-state index contributed by atoms with van der Waals surface area (Å²) in [6.07, 6.45) is 2.94. The van der Waals surface area contributed by atoms with Gasteiger partial charge in [0.1, 0.15) is 12.7 Å². The maximum absolute atomic E-state index is 6.10. The van der Waals surface area contributed by atoms with E-state index in [1.165, 1.54) is 28.7 Å². The molecule has 3 rings (SSSR count). The Hall–Kier alpha value is -2.06. The molecule has 3 heterocycles. The summed E-state index contributed by atoms with van der Waals surface area (Å²) in [5, 5.41) is 9.39. The fraction of sp³-hybridized carbons (Fsp3) is 0.100. The highest BCUT2D eigenvalue weighted by molar-refractivity contribution is 7.14. The highest BCUT2D eigenvalue weighted by Crippen LogP contribution is 2.31. The van der Waals surface area contributed by atoms with Crippen LogP contribution in [0, 0.1) is 0 Å². The van der Waals surface area contributed by atoms with Crippen LogP contribution >= 0.6 is 22.9 Å². The lowest BCUT2D eigenvalue weighted by Crippen LogP contribution is -2.08. The SMILES string of the molecule is CNc1nc(-c2sccc2Cl)nc(-n2cncn2)n1. The van der Waals surface area contributed by atoms with Crippen LogP contribution in [0.2, 0.25) is 5.02 Å². The molecule has 96 valence electrons. The van der Waals surface area contributed by atoms with E-state index in [1.54, 1.807) is 13.1 Å². The number of aromatic nitrogens is 6. The van der Waals surface area contributed by atoms with Crippen molar-refractivity contribution in [1.29, 1.82) is 0 Å². The third-order valence-electron chi connectivity index (χ3n) is 2.29. The minimum atomic E-state index is 0.385. The maximum Gasteiger partial charge on any atom is 0.257 e. The molecular weight excluding hydrogens is 286 g/mol. The van der Waals surface area contributed by atoms with Gasteiger partial charge in [-0.05, 0) is 11.4 Å². The maximum atomic E-state index is 6.10. The van der Waals surface area contributed by atoms with E-state index in [0.717, 1.165) is 4.88 Å². The molecule has 0 aliphatic heterocycles.